The molecule has 2 heterocycles. The molecule has 4 nitrogen and oxygen atoms in total. The summed E-state index contributed by atoms with van der Waals surface area (Å²) >= 11 is 0. The fourth-order valence-electron chi connectivity index (χ4n) is 3.22. The molecule has 2 aliphatic heterocycles. The van der Waals surface area contributed by atoms with E-state index < -0.39 is 0 Å². The van der Waals surface area contributed by atoms with Crippen LogP contribution in [0.2, 0.25) is 0 Å². The van der Waals surface area contributed by atoms with Crippen molar-refractivity contribution in [3.05, 3.63) is 0 Å². The summed E-state index contributed by atoms with van der Waals surface area (Å²) in [6.07, 6.45) is 5.46. The number of amides is 2. The molecule has 0 aromatic carbocycles. The van der Waals surface area contributed by atoms with Crippen LogP contribution in [-0.4, -0.2) is 53.7 Å². The maximum Gasteiger partial charge on any atom is 0.320 e. The summed E-state index contributed by atoms with van der Waals surface area (Å²) in [7, 11) is 0. The minimum Gasteiger partial charge on any atom is -0.396 e. The second-order valence-corrected chi connectivity index (χ2v) is 5.94. The third-order valence-corrected chi connectivity index (χ3v) is 4.25. The van der Waals surface area contributed by atoms with Crippen molar-refractivity contribution in [3.8, 4) is 0 Å². The van der Waals surface area contributed by atoms with Gasteiger partial charge in [-0.15, -0.1) is 0 Å². The van der Waals surface area contributed by atoms with E-state index in [2.05, 4.69) is 6.92 Å². The van der Waals surface area contributed by atoms with Crippen molar-refractivity contribution in [1.82, 2.24) is 9.80 Å². The fraction of sp³-hybridized carbons (Fsp3) is 0.929. The number of carbonyl (C=O) groups is 1. The monoisotopic (exact) mass is 254 g/mol. The quantitative estimate of drug-likeness (QED) is 0.818. The lowest BCUT2D eigenvalue weighted by Crippen LogP contribution is -2.50. The van der Waals surface area contributed by atoms with Gasteiger partial charge in [0, 0.05) is 32.8 Å². The van der Waals surface area contributed by atoms with Crippen LogP contribution in [0.3, 0.4) is 0 Å². The number of likely N-dealkylation sites (tertiary alicyclic amines) is 2. The number of nitrogens with zero attached hydrogens (tertiary/aromatic N) is 2. The molecular formula is C14H26N2O2. The molecule has 18 heavy (non-hydrogen) atoms. The van der Waals surface area contributed by atoms with Crippen LogP contribution in [0.15, 0.2) is 0 Å². The summed E-state index contributed by atoms with van der Waals surface area (Å²) < 4.78 is 0. The average Bonchev–Trinajstić information content (AvgIpc) is 2.39. The molecule has 0 aromatic heterocycles. The summed E-state index contributed by atoms with van der Waals surface area (Å²) in [6, 6.07) is 0.226. The number of hydrogen-bond acceptors (Lipinski definition) is 2. The number of urea groups is 1. The van der Waals surface area contributed by atoms with Crippen LogP contribution in [0.25, 0.3) is 0 Å². The van der Waals surface area contributed by atoms with E-state index in [1.54, 1.807) is 0 Å². The minimum absolute atomic E-state index is 0.226. The van der Waals surface area contributed by atoms with Crippen molar-refractivity contribution in [2.45, 2.75) is 39.0 Å². The van der Waals surface area contributed by atoms with Crippen LogP contribution in [0.5, 0.6) is 0 Å². The molecule has 0 radical (unpaired) electrons. The van der Waals surface area contributed by atoms with E-state index in [1.807, 2.05) is 9.80 Å². The van der Waals surface area contributed by atoms with E-state index in [-0.39, 0.29) is 12.6 Å². The molecule has 1 N–H and O–H groups in total. The Balaban J connectivity index is 1.87. The molecule has 2 atom stereocenters. The summed E-state index contributed by atoms with van der Waals surface area (Å²) in [5, 5.41) is 9.01. The third kappa shape index (κ3) is 3.37. The summed E-state index contributed by atoms with van der Waals surface area (Å²) in [5.41, 5.74) is 0. The highest BCUT2D eigenvalue weighted by Crippen LogP contribution is 2.22. The molecule has 2 saturated heterocycles. The maximum absolute atomic E-state index is 12.4. The van der Waals surface area contributed by atoms with Gasteiger partial charge in [0.15, 0.2) is 0 Å². The standard InChI is InChI=1S/C14H26N2O2/c1-12-4-2-7-15(10-12)14(18)16-8-3-5-13(11-16)6-9-17/h12-13,17H,2-11H2,1H3. The highest BCUT2D eigenvalue weighted by Gasteiger charge is 2.28. The van der Waals surface area contributed by atoms with Gasteiger partial charge in [-0.3, -0.25) is 0 Å². The first kappa shape index (κ1) is 13.7. The van der Waals surface area contributed by atoms with Crippen LogP contribution in [-0.2, 0) is 0 Å². The summed E-state index contributed by atoms with van der Waals surface area (Å²) in [5.74, 6) is 1.13. The Hall–Kier alpha value is -0.770. The van der Waals surface area contributed by atoms with E-state index in [0.717, 1.165) is 51.9 Å². The second-order valence-electron chi connectivity index (χ2n) is 5.94. The molecule has 2 fully saturated rings. The number of rotatable bonds is 2. The van der Waals surface area contributed by atoms with Gasteiger partial charge in [0.1, 0.15) is 0 Å². The zero-order valence-electron chi connectivity index (χ0n) is 11.5. The summed E-state index contributed by atoms with van der Waals surface area (Å²) in [6.45, 7) is 6.04. The van der Waals surface area contributed by atoms with Gasteiger partial charge in [0.2, 0.25) is 0 Å². The number of piperidine rings is 2. The Bertz CT molecular complexity index is 281. The van der Waals surface area contributed by atoms with E-state index in [4.69, 9.17) is 5.11 Å². The molecule has 0 aliphatic carbocycles. The first-order valence-electron chi connectivity index (χ1n) is 7.35. The Labute approximate surface area is 110 Å². The fourth-order valence-corrected chi connectivity index (χ4v) is 3.22. The van der Waals surface area contributed by atoms with Crippen molar-refractivity contribution >= 4 is 6.03 Å². The first-order chi connectivity index (χ1) is 8.70. The van der Waals surface area contributed by atoms with Gasteiger partial charge in [-0.05, 0) is 43.9 Å². The van der Waals surface area contributed by atoms with Gasteiger partial charge >= 0.3 is 6.03 Å². The lowest BCUT2D eigenvalue weighted by Gasteiger charge is -2.39. The third-order valence-electron chi connectivity index (χ3n) is 4.25. The predicted octanol–water partition coefficient (Wildman–Crippen LogP) is 1.93. The lowest BCUT2D eigenvalue weighted by molar-refractivity contribution is 0.105. The highest BCUT2D eigenvalue weighted by molar-refractivity contribution is 5.74. The van der Waals surface area contributed by atoms with E-state index in [0.29, 0.717) is 11.8 Å². The van der Waals surface area contributed by atoms with Crippen LogP contribution in [0.4, 0.5) is 4.79 Å². The van der Waals surface area contributed by atoms with Crippen molar-refractivity contribution in [3.63, 3.8) is 0 Å². The van der Waals surface area contributed by atoms with Crippen LogP contribution in [0.1, 0.15) is 39.0 Å². The number of aliphatic hydroxyl groups is 1. The maximum atomic E-state index is 12.4. The molecular weight excluding hydrogens is 228 g/mol. The Morgan fingerprint density at radius 1 is 1.17 bits per heavy atom. The van der Waals surface area contributed by atoms with Crippen molar-refractivity contribution in [2.75, 3.05) is 32.8 Å². The van der Waals surface area contributed by atoms with Crippen molar-refractivity contribution in [2.24, 2.45) is 11.8 Å². The number of hydrogen-bond donors (Lipinski definition) is 1. The lowest BCUT2D eigenvalue weighted by atomic mass is 9.95. The summed E-state index contributed by atoms with van der Waals surface area (Å²) in [4.78, 5) is 16.5. The minimum atomic E-state index is 0.226. The average molecular weight is 254 g/mol. The van der Waals surface area contributed by atoms with Gasteiger partial charge in [-0.25, -0.2) is 4.79 Å². The predicted molar refractivity (Wildman–Crippen MR) is 71.4 cm³/mol. The van der Waals surface area contributed by atoms with Crippen LogP contribution >= 0.6 is 0 Å². The Morgan fingerprint density at radius 2 is 1.83 bits per heavy atom. The molecule has 2 rings (SSSR count). The van der Waals surface area contributed by atoms with Crippen LogP contribution < -0.4 is 0 Å². The zero-order chi connectivity index (χ0) is 13.0. The number of aliphatic hydroxyl groups excluding tert-OH is 1. The smallest absolute Gasteiger partial charge is 0.320 e. The SMILES string of the molecule is CC1CCCN(C(=O)N2CCCC(CCO)C2)C1. The van der Waals surface area contributed by atoms with E-state index in [9.17, 15) is 4.79 Å². The Kier molecular flexibility index (Phi) is 4.87. The highest BCUT2D eigenvalue weighted by atomic mass is 16.3. The second kappa shape index (κ2) is 6.41. The molecule has 2 amide bonds. The van der Waals surface area contributed by atoms with Gasteiger partial charge in [0.25, 0.3) is 0 Å². The molecule has 0 aromatic rings. The van der Waals surface area contributed by atoms with E-state index >= 15 is 0 Å². The number of carbonyl (C=O) groups excluding carboxylic acids is 1. The molecule has 0 bridgehead atoms. The van der Waals surface area contributed by atoms with Gasteiger partial charge in [-0.1, -0.05) is 6.92 Å². The molecule has 2 aliphatic rings. The van der Waals surface area contributed by atoms with Crippen LogP contribution in [0, 0.1) is 11.8 Å². The van der Waals surface area contributed by atoms with Gasteiger partial charge < -0.3 is 14.9 Å². The van der Waals surface area contributed by atoms with Gasteiger partial charge in [0.05, 0.1) is 0 Å². The molecule has 2 unspecified atom stereocenters. The largest absolute Gasteiger partial charge is 0.396 e. The normalized spacial score (nSPS) is 29.4. The zero-order valence-corrected chi connectivity index (χ0v) is 11.5. The topological polar surface area (TPSA) is 43.8 Å². The van der Waals surface area contributed by atoms with E-state index in [1.165, 1.54) is 6.42 Å². The molecule has 104 valence electrons. The Morgan fingerprint density at radius 3 is 2.50 bits per heavy atom. The molecule has 0 saturated carbocycles. The molecule has 0 spiro atoms. The first-order valence-corrected chi connectivity index (χ1v) is 7.35. The molecule has 4 heteroatoms. The van der Waals surface area contributed by atoms with Crippen molar-refractivity contribution < 1.29 is 9.90 Å². The van der Waals surface area contributed by atoms with Crippen molar-refractivity contribution in [1.29, 1.82) is 0 Å². The van der Waals surface area contributed by atoms with Gasteiger partial charge in [-0.2, -0.15) is 0 Å².